The quantitative estimate of drug-likeness (QED) is 0.269. The summed E-state index contributed by atoms with van der Waals surface area (Å²) in [6.45, 7) is 2.69. The number of amidine groups is 1. The standard InChI is InChI=1S/C35H38Cl2F3N5O5/c1-2-50-29-21-25(35(38,39)40)7-12-28(29)33-41-31(23-3-8-26(36)9-4-23)32(24-5-10-27(37)11-6-24)45(33)34(49)44-15-13-43(14-16-44)30(48)22-42(17-19-46)18-20-47/h3-12,21,31-32,46-47H,2,13-20,22H2,1H3. The number of hydrogen-bond acceptors (Lipinski definition) is 7. The minimum atomic E-state index is -4.63. The Hall–Kier alpha value is -3.88. The fourth-order valence-corrected chi connectivity index (χ4v) is 6.41. The first-order valence-electron chi connectivity index (χ1n) is 16.2. The van der Waals surface area contributed by atoms with Gasteiger partial charge in [-0.15, -0.1) is 0 Å². The van der Waals surface area contributed by atoms with E-state index in [0.717, 1.165) is 17.7 Å². The predicted molar refractivity (Wildman–Crippen MR) is 184 cm³/mol. The first kappa shape index (κ1) is 37.4. The summed E-state index contributed by atoms with van der Waals surface area (Å²) in [4.78, 5) is 39.2. The van der Waals surface area contributed by atoms with E-state index in [1.165, 1.54) is 11.0 Å². The van der Waals surface area contributed by atoms with Gasteiger partial charge in [-0.2, -0.15) is 13.2 Å². The van der Waals surface area contributed by atoms with Crippen LogP contribution in [0.4, 0.5) is 18.0 Å². The van der Waals surface area contributed by atoms with E-state index in [0.29, 0.717) is 15.6 Å². The van der Waals surface area contributed by atoms with Crippen molar-refractivity contribution in [1.29, 1.82) is 0 Å². The molecule has 0 aromatic heterocycles. The molecule has 15 heteroatoms. The van der Waals surface area contributed by atoms with Gasteiger partial charge in [-0.3, -0.25) is 19.6 Å². The van der Waals surface area contributed by atoms with Gasteiger partial charge < -0.3 is 24.7 Å². The van der Waals surface area contributed by atoms with E-state index in [1.54, 1.807) is 70.2 Å². The van der Waals surface area contributed by atoms with Crippen molar-refractivity contribution in [3.63, 3.8) is 0 Å². The minimum absolute atomic E-state index is 0.00748. The van der Waals surface area contributed by atoms with Crippen molar-refractivity contribution in [3.05, 3.63) is 99.0 Å². The average molecular weight is 737 g/mol. The number of ether oxygens (including phenoxy) is 1. The van der Waals surface area contributed by atoms with Crippen molar-refractivity contribution in [2.45, 2.75) is 25.2 Å². The maximum atomic E-state index is 14.7. The second kappa shape index (κ2) is 16.4. The maximum absolute atomic E-state index is 14.7. The molecule has 10 nitrogen and oxygen atoms in total. The van der Waals surface area contributed by atoms with E-state index in [2.05, 4.69) is 0 Å². The van der Waals surface area contributed by atoms with Crippen LogP contribution in [0.15, 0.2) is 71.7 Å². The van der Waals surface area contributed by atoms with Crippen LogP contribution < -0.4 is 4.74 Å². The molecule has 2 unspecified atom stereocenters. The molecule has 50 heavy (non-hydrogen) atoms. The summed E-state index contributed by atoms with van der Waals surface area (Å²) >= 11 is 12.5. The predicted octanol–water partition coefficient (Wildman–Crippen LogP) is 5.51. The fourth-order valence-electron chi connectivity index (χ4n) is 6.16. The van der Waals surface area contributed by atoms with Gasteiger partial charge in [-0.05, 0) is 60.5 Å². The number of carbonyl (C=O) groups is 2. The molecule has 2 atom stereocenters. The number of alkyl halides is 3. The van der Waals surface area contributed by atoms with Gasteiger partial charge in [0.1, 0.15) is 17.6 Å². The van der Waals surface area contributed by atoms with E-state index in [-0.39, 0.29) is 88.7 Å². The Morgan fingerprint density at radius 1 is 0.880 bits per heavy atom. The molecule has 3 aromatic rings. The summed E-state index contributed by atoms with van der Waals surface area (Å²) in [6.07, 6.45) is -4.63. The molecule has 2 aliphatic rings. The number of urea groups is 1. The Balaban J connectivity index is 1.54. The van der Waals surface area contributed by atoms with Crippen LogP contribution in [0.3, 0.4) is 0 Å². The summed E-state index contributed by atoms with van der Waals surface area (Å²) in [5, 5.41) is 19.6. The number of halogens is 5. The lowest BCUT2D eigenvalue weighted by Gasteiger charge is -2.39. The van der Waals surface area contributed by atoms with E-state index in [9.17, 15) is 33.0 Å². The number of aliphatic hydroxyl groups is 2. The maximum Gasteiger partial charge on any atom is 0.416 e. The van der Waals surface area contributed by atoms with Crippen LogP contribution in [0, 0.1) is 0 Å². The number of aliphatic imine (C=N–C) groups is 1. The number of nitrogens with zero attached hydrogens (tertiary/aromatic N) is 5. The Morgan fingerprint density at radius 3 is 1.98 bits per heavy atom. The molecule has 1 saturated heterocycles. The van der Waals surface area contributed by atoms with Crippen molar-refractivity contribution in [1.82, 2.24) is 19.6 Å². The minimum Gasteiger partial charge on any atom is -0.493 e. The molecule has 2 N–H and O–H groups in total. The lowest BCUT2D eigenvalue weighted by Crippen LogP contribution is -2.56. The van der Waals surface area contributed by atoms with Gasteiger partial charge in [0.05, 0.1) is 43.5 Å². The average Bonchev–Trinajstić information content (AvgIpc) is 3.49. The summed E-state index contributed by atoms with van der Waals surface area (Å²) in [5.74, 6) is -0.138. The Morgan fingerprint density at radius 2 is 1.44 bits per heavy atom. The van der Waals surface area contributed by atoms with Crippen molar-refractivity contribution in [2.75, 3.05) is 65.6 Å². The molecule has 3 amide bonds. The smallest absolute Gasteiger partial charge is 0.416 e. The lowest BCUT2D eigenvalue weighted by molar-refractivity contribution is -0.137. The SMILES string of the molecule is CCOc1cc(C(F)(F)F)ccc1C1=NC(c2ccc(Cl)cc2)C(c2ccc(Cl)cc2)N1C(=O)N1CCN(C(=O)CN(CCO)CCO)CC1. The highest BCUT2D eigenvalue weighted by Crippen LogP contribution is 2.46. The van der Waals surface area contributed by atoms with Gasteiger partial charge in [-0.1, -0.05) is 47.5 Å². The topological polar surface area (TPSA) is 109 Å². The molecule has 3 aromatic carbocycles. The van der Waals surface area contributed by atoms with E-state index >= 15 is 0 Å². The molecule has 0 aliphatic carbocycles. The normalized spacial score (nSPS) is 18.1. The molecular weight excluding hydrogens is 698 g/mol. The molecule has 0 spiro atoms. The molecular formula is C35H38Cl2F3N5O5. The van der Waals surface area contributed by atoms with Crippen molar-refractivity contribution in [3.8, 4) is 5.75 Å². The van der Waals surface area contributed by atoms with Crippen molar-refractivity contribution in [2.24, 2.45) is 4.99 Å². The summed E-state index contributed by atoms with van der Waals surface area (Å²) in [7, 11) is 0. The molecule has 1 fully saturated rings. The van der Waals surface area contributed by atoms with E-state index in [4.69, 9.17) is 32.9 Å². The zero-order valence-corrected chi connectivity index (χ0v) is 28.8. The number of benzene rings is 3. The number of rotatable bonds is 11. The van der Waals surface area contributed by atoms with Crippen LogP contribution in [-0.4, -0.2) is 113 Å². The third kappa shape index (κ3) is 8.52. The van der Waals surface area contributed by atoms with Crippen LogP contribution in [0.1, 0.15) is 41.3 Å². The monoisotopic (exact) mass is 735 g/mol. The van der Waals surface area contributed by atoms with E-state index in [1.807, 2.05) is 0 Å². The second-order valence-electron chi connectivity index (χ2n) is 11.8. The summed E-state index contributed by atoms with van der Waals surface area (Å²) in [6, 6.07) is 15.2. The Bertz CT molecular complexity index is 1660. The molecule has 2 heterocycles. The number of amides is 3. The van der Waals surface area contributed by atoms with Gasteiger partial charge >= 0.3 is 12.2 Å². The van der Waals surface area contributed by atoms with Crippen LogP contribution >= 0.6 is 23.2 Å². The van der Waals surface area contributed by atoms with Gasteiger partial charge in [0.15, 0.2) is 0 Å². The molecule has 2 aliphatic heterocycles. The first-order valence-corrected chi connectivity index (χ1v) is 16.9. The van der Waals surface area contributed by atoms with Crippen LogP contribution in [-0.2, 0) is 11.0 Å². The number of hydrogen-bond donors (Lipinski definition) is 2. The Kier molecular flexibility index (Phi) is 12.3. The van der Waals surface area contributed by atoms with Gasteiger partial charge in [0, 0.05) is 49.3 Å². The molecule has 0 saturated carbocycles. The number of aliphatic hydroxyl groups excluding tert-OH is 2. The molecule has 5 rings (SSSR count). The van der Waals surface area contributed by atoms with Crippen molar-refractivity contribution >= 4 is 41.0 Å². The zero-order chi connectivity index (χ0) is 36.0. The fraction of sp³-hybridized carbons (Fsp3) is 0.400. The summed E-state index contributed by atoms with van der Waals surface area (Å²) in [5.41, 5.74) is 0.720. The van der Waals surface area contributed by atoms with Gasteiger partial charge in [0.25, 0.3) is 0 Å². The van der Waals surface area contributed by atoms with E-state index < -0.39 is 29.9 Å². The highest BCUT2D eigenvalue weighted by molar-refractivity contribution is 6.30. The van der Waals surface area contributed by atoms with Crippen LogP contribution in [0.25, 0.3) is 0 Å². The van der Waals surface area contributed by atoms with Crippen LogP contribution in [0.5, 0.6) is 5.75 Å². The number of carbonyl (C=O) groups excluding carboxylic acids is 2. The lowest BCUT2D eigenvalue weighted by atomic mass is 9.93. The molecule has 0 bridgehead atoms. The largest absolute Gasteiger partial charge is 0.493 e. The first-order chi connectivity index (χ1) is 23.9. The third-order valence-electron chi connectivity index (χ3n) is 8.64. The van der Waals surface area contributed by atoms with Crippen LogP contribution in [0.2, 0.25) is 10.0 Å². The van der Waals surface area contributed by atoms with Crippen molar-refractivity contribution < 1.29 is 37.7 Å². The van der Waals surface area contributed by atoms with Gasteiger partial charge in [0.2, 0.25) is 5.91 Å². The second-order valence-corrected chi connectivity index (χ2v) is 12.7. The Labute approximate surface area is 298 Å². The molecule has 0 radical (unpaired) electrons. The third-order valence-corrected chi connectivity index (χ3v) is 9.14. The highest BCUT2D eigenvalue weighted by Gasteiger charge is 2.45. The summed E-state index contributed by atoms with van der Waals surface area (Å²) < 4.78 is 47.1. The highest BCUT2D eigenvalue weighted by atomic mass is 35.5. The zero-order valence-electron chi connectivity index (χ0n) is 27.3. The van der Waals surface area contributed by atoms with Gasteiger partial charge in [-0.25, -0.2) is 4.79 Å². The number of piperazine rings is 1. The molecule has 268 valence electrons.